The Morgan fingerprint density at radius 1 is 1.37 bits per heavy atom. The van der Waals surface area contributed by atoms with Crippen LogP contribution in [0.25, 0.3) is 0 Å². The Morgan fingerprint density at radius 2 is 2.16 bits per heavy atom. The molecule has 0 aliphatic carbocycles. The molecular weight excluding hydrogens is 258 g/mol. The predicted molar refractivity (Wildman–Crippen MR) is 79.4 cm³/mol. The summed E-state index contributed by atoms with van der Waals surface area (Å²) < 4.78 is 0. The molecule has 1 aromatic heterocycles. The van der Waals surface area contributed by atoms with E-state index >= 15 is 0 Å². The van der Waals surface area contributed by atoms with Crippen molar-refractivity contribution in [3.8, 4) is 0 Å². The summed E-state index contributed by atoms with van der Waals surface area (Å²) in [6.07, 6.45) is 0.932. The molecular formula is C15H17NO2S. The number of hydrogen-bond acceptors (Lipinski definition) is 3. The monoisotopic (exact) mass is 275 g/mol. The minimum Gasteiger partial charge on any atom is -0.478 e. The number of aryl methyl sites for hydroxylation is 1. The largest absolute Gasteiger partial charge is 0.478 e. The number of benzene rings is 1. The Kier molecular flexibility index (Phi) is 4.22. The van der Waals surface area contributed by atoms with Crippen molar-refractivity contribution in [3.63, 3.8) is 0 Å². The normalized spacial score (nSPS) is 10.4. The van der Waals surface area contributed by atoms with Crippen molar-refractivity contribution in [1.82, 2.24) is 0 Å². The zero-order chi connectivity index (χ0) is 13.8. The predicted octanol–water partition coefficient (Wildman–Crippen LogP) is 3.43. The van der Waals surface area contributed by atoms with Gasteiger partial charge in [0, 0.05) is 18.5 Å². The maximum atomic E-state index is 11.3. The molecule has 0 saturated carbocycles. The van der Waals surface area contributed by atoms with Crippen LogP contribution in [0.15, 0.2) is 35.7 Å². The fourth-order valence-corrected chi connectivity index (χ4v) is 2.71. The highest BCUT2D eigenvalue weighted by Gasteiger charge is 2.13. The number of carbonyl (C=O) groups is 1. The zero-order valence-corrected chi connectivity index (χ0v) is 11.9. The number of carboxylic acid groups (broad SMARTS) is 1. The molecule has 0 spiro atoms. The third kappa shape index (κ3) is 3.35. The van der Waals surface area contributed by atoms with Gasteiger partial charge in [-0.2, -0.15) is 0 Å². The van der Waals surface area contributed by atoms with Crippen LogP contribution >= 0.6 is 11.3 Å². The molecule has 0 unspecified atom stereocenters. The molecule has 3 nitrogen and oxygen atoms in total. The number of rotatable bonds is 5. The van der Waals surface area contributed by atoms with Gasteiger partial charge in [-0.25, -0.2) is 4.79 Å². The summed E-state index contributed by atoms with van der Waals surface area (Å²) in [5, 5.41) is 11.3. The van der Waals surface area contributed by atoms with Crippen LogP contribution in [0, 0.1) is 6.92 Å². The van der Waals surface area contributed by atoms with Crippen molar-refractivity contribution in [2.24, 2.45) is 0 Å². The second-order valence-electron chi connectivity index (χ2n) is 4.58. The van der Waals surface area contributed by atoms with Gasteiger partial charge in [-0.05, 0) is 36.9 Å². The van der Waals surface area contributed by atoms with E-state index in [1.165, 1.54) is 4.88 Å². The molecule has 0 radical (unpaired) electrons. The van der Waals surface area contributed by atoms with Crippen LogP contribution in [0.1, 0.15) is 20.8 Å². The summed E-state index contributed by atoms with van der Waals surface area (Å²) in [7, 11) is 1.94. The van der Waals surface area contributed by atoms with Crippen molar-refractivity contribution < 1.29 is 9.90 Å². The molecule has 4 heteroatoms. The summed E-state index contributed by atoms with van der Waals surface area (Å²) in [5.41, 5.74) is 2.11. The van der Waals surface area contributed by atoms with Gasteiger partial charge in [0.25, 0.3) is 0 Å². The standard InChI is InChI=1S/C15H17NO2S/c1-11-5-6-14(13(10-11)15(17)18)16(2)8-7-12-4-3-9-19-12/h3-6,9-10H,7-8H2,1-2H3,(H,17,18). The van der Waals surface area contributed by atoms with Gasteiger partial charge < -0.3 is 10.0 Å². The Bertz CT molecular complexity index is 564. The second-order valence-corrected chi connectivity index (χ2v) is 5.61. The van der Waals surface area contributed by atoms with E-state index in [9.17, 15) is 9.90 Å². The summed E-state index contributed by atoms with van der Waals surface area (Å²) >= 11 is 1.73. The van der Waals surface area contributed by atoms with Crippen molar-refractivity contribution >= 4 is 23.0 Å². The molecule has 0 atom stereocenters. The lowest BCUT2D eigenvalue weighted by atomic mass is 10.1. The average molecular weight is 275 g/mol. The molecule has 0 fully saturated rings. The van der Waals surface area contributed by atoms with Crippen molar-refractivity contribution in [2.75, 3.05) is 18.5 Å². The molecule has 0 aliphatic heterocycles. The number of hydrogen-bond donors (Lipinski definition) is 1. The van der Waals surface area contributed by atoms with Gasteiger partial charge in [-0.3, -0.25) is 0 Å². The second kappa shape index (κ2) is 5.89. The van der Waals surface area contributed by atoms with Gasteiger partial charge >= 0.3 is 5.97 Å². The number of nitrogens with zero attached hydrogens (tertiary/aromatic N) is 1. The topological polar surface area (TPSA) is 40.5 Å². The lowest BCUT2D eigenvalue weighted by molar-refractivity contribution is 0.0697. The zero-order valence-electron chi connectivity index (χ0n) is 11.1. The molecule has 0 bridgehead atoms. The van der Waals surface area contributed by atoms with Crippen LogP contribution in [-0.2, 0) is 6.42 Å². The summed E-state index contributed by atoms with van der Waals surface area (Å²) in [6.45, 7) is 2.71. The van der Waals surface area contributed by atoms with Crippen molar-refractivity contribution in [2.45, 2.75) is 13.3 Å². The first-order valence-corrected chi connectivity index (χ1v) is 7.03. The summed E-state index contributed by atoms with van der Waals surface area (Å²) in [5.74, 6) is -0.873. The fraction of sp³-hybridized carbons (Fsp3) is 0.267. The van der Waals surface area contributed by atoms with E-state index in [1.54, 1.807) is 17.4 Å². The van der Waals surface area contributed by atoms with Crippen molar-refractivity contribution in [3.05, 3.63) is 51.7 Å². The van der Waals surface area contributed by atoms with Crippen LogP contribution < -0.4 is 4.90 Å². The highest BCUT2D eigenvalue weighted by molar-refractivity contribution is 7.09. The quantitative estimate of drug-likeness (QED) is 0.908. The SMILES string of the molecule is Cc1ccc(N(C)CCc2cccs2)c(C(=O)O)c1. The Morgan fingerprint density at radius 3 is 2.79 bits per heavy atom. The summed E-state index contributed by atoms with van der Waals surface area (Å²) in [6, 6.07) is 9.69. The van der Waals surface area contributed by atoms with Crippen LogP contribution in [0.5, 0.6) is 0 Å². The fourth-order valence-electron chi connectivity index (χ4n) is 2.01. The van der Waals surface area contributed by atoms with Crippen LogP contribution in [0.4, 0.5) is 5.69 Å². The lowest BCUT2D eigenvalue weighted by Crippen LogP contribution is -2.22. The van der Waals surface area contributed by atoms with Gasteiger partial charge in [0.1, 0.15) is 0 Å². The highest BCUT2D eigenvalue weighted by atomic mass is 32.1. The Hall–Kier alpha value is -1.81. The molecule has 1 heterocycles. The highest BCUT2D eigenvalue weighted by Crippen LogP contribution is 2.21. The maximum Gasteiger partial charge on any atom is 0.337 e. The van der Waals surface area contributed by atoms with E-state index < -0.39 is 5.97 Å². The van der Waals surface area contributed by atoms with E-state index in [2.05, 4.69) is 11.4 Å². The Labute approximate surface area is 117 Å². The maximum absolute atomic E-state index is 11.3. The van der Waals surface area contributed by atoms with Crippen LogP contribution in [0.3, 0.4) is 0 Å². The van der Waals surface area contributed by atoms with E-state index in [-0.39, 0.29) is 0 Å². The van der Waals surface area contributed by atoms with Gasteiger partial charge in [0.15, 0.2) is 0 Å². The molecule has 0 saturated heterocycles. The van der Waals surface area contributed by atoms with Gasteiger partial charge in [0.2, 0.25) is 0 Å². The first-order chi connectivity index (χ1) is 9.08. The van der Waals surface area contributed by atoms with E-state index in [0.29, 0.717) is 5.56 Å². The van der Waals surface area contributed by atoms with Gasteiger partial charge in [0.05, 0.1) is 11.3 Å². The van der Waals surface area contributed by atoms with E-state index in [1.807, 2.05) is 37.1 Å². The molecule has 1 aromatic carbocycles. The van der Waals surface area contributed by atoms with Crippen molar-refractivity contribution in [1.29, 1.82) is 0 Å². The van der Waals surface area contributed by atoms with Gasteiger partial charge in [-0.15, -0.1) is 11.3 Å². The molecule has 0 aliphatic rings. The third-order valence-corrected chi connectivity index (χ3v) is 4.00. The molecule has 19 heavy (non-hydrogen) atoms. The van der Waals surface area contributed by atoms with Crippen LogP contribution in [0.2, 0.25) is 0 Å². The molecule has 1 N–H and O–H groups in total. The lowest BCUT2D eigenvalue weighted by Gasteiger charge is -2.21. The summed E-state index contributed by atoms with van der Waals surface area (Å²) in [4.78, 5) is 14.6. The number of anilines is 1. The average Bonchev–Trinajstić information content (AvgIpc) is 2.88. The molecule has 2 aromatic rings. The third-order valence-electron chi connectivity index (χ3n) is 3.07. The smallest absolute Gasteiger partial charge is 0.337 e. The number of aromatic carboxylic acids is 1. The molecule has 100 valence electrons. The van der Waals surface area contributed by atoms with Crippen LogP contribution in [-0.4, -0.2) is 24.7 Å². The number of carboxylic acids is 1. The first-order valence-electron chi connectivity index (χ1n) is 6.15. The van der Waals surface area contributed by atoms with Gasteiger partial charge in [-0.1, -0.05) is 17.7 Å². The molecule has 2 rings (SSSR count). The number of thiophene rings is 1. The van der Waals surface area contributed by atoms with E-state index in [4.69, 9.17) is 0 Å². The molecule has 0 amide bonds. The minimum absolute atomic E-state index is 0.369. The number of likely N-dealkylation sites (N-methyl/N-ethyl adjacent to an activating group) is 1. The minimum atomic E-state index is -0.873. The Balaban J connectivity index is 2.14. The van der Waals surface area contributed by atoms with E-state index in [0.717, 1.165) is 24.2 Å². The first kappa shape index (κ1) is 13.6.